The number of furan rings is 1. The van der Waals surface area contributed by atoms with Crippen molar-refractivity contribution in [2.45, 2.75) is 12.6 Å². The maximum atomic E-state index is 9.90. The van der Waals surface area contributed by atoms with Crippen LogP contribution in [0.1, 0.15) is 5.76 Å². The molecule has 1 heterocycles. The molecular formula is C14H23NO4. The van der Waals surface area contributed by atoms with Crippen molar-refractivity contribution in [2.24, 2.45) is 0 Å². The Labute approximate surface area is 114 Å². The van der Waals surface area contributed by atoms with E-state index in [2.05, 4.69) is 11.5 Å². The van der Waals surface area contributed by atoms with Gasteiger partial charge in [0.15, 0.2) is 0 Å². The number of rotatable bonds is 11. The van der Waals surface area contributed by atoms with Crippen LogP contribution < -0.4 is 0 Å². The van der Waals surface area contributed by atoms with E-state index in [1.165, 1.54) is 0 Å². The Hall–Kier alpha value is -1.14. The predicted molar refractivity (Wildman–Crippen MR) is 72.9 cm³/mol. The van der Waals surface area contributed by atoms with Crippen molar-refractivity contribution in [1.29, 1.82) is 0 Å². The fourth-order valence-electron chi connectivity index (χ4n) is 1.72. The van der Waals surface area contributed by atoms with E-state index in [1.54, 1.807) is 19.4 Å². The summed E-state index contributed by atoms with van der Waals surface area (Å²) in [5.41, 5.74) is 0. The summed E-state index contributed by atoms with van der Waals surface area (Å²) >= 11 is 0. The number of hydrogen-bond donors (Lipinski definition) is 1. The Bertz CT molecular complexity index is 326. The molecule has 0 saturated carbocycles. The number of hydrogen-bond acceptors (Lipinski definition) is 5. The molecule has 1 atom stereocenters. The lowest BCUT2D eigenvalue weighted by Gasteiger charge is -2.23. The first-order valence-electron chi connectivity index (χ1n) is 6.36. The quantitative estimate of drug-likeness (QED) is 0.484. The van der Waals surface area contributed by atoms with E-state index in [0.717, 1.165) is 12.3 Å². The molecule has 0 fully saturated rings. The van der Waals surface area contributed by atoms with Crippen LogP contribution in [0.2, 0.25) is 0 Å². The van der Waals surface area contributed by atoms with Crippen LogP contribution in [0.3, 0.4) is 0 Å². The molecule has 19 heavy (non-hydrogen) atoms. The number of ether oxygens (including phenoxy) is 2. The third-order valence-corrected chi connectivity index (χ3v) is 2.59. The molecule has 0 aromatic carbocycles. The van der Waals surface area contributed by atoms with Crippen LogP contribution in [0.15, 0.2) is 35.5 Å². The van der Waals surface area contributed by atoms with Gasteiger partial charge in [0.05, 0.1) is 38.7 Å². The second-order valence-corrected chi connectivity index (χ2v) is 4.29. The lowest BCUT2D eigenvalue weighted by atomic mass is 10.3. The van der Waals surface area contributed by atoms with Gasteiger partial charge in [-0.3, -0.25) is 4.90 Å². The summed E-state index contributed by atoms with van der Waals surface area (Å²) in [5, 5.41) is 9.90. The molecule has 1 aromatic rings. The van der Waals surface area contributed by atoms with Crippen LogP contribution >= 0.6 is 0 Å². The largest absolute Gasteiger partial charge is 0.468 e. The average molecular weight is 269 g/mol. The van der Waals surface area contributed by atoms with Crippen LogP contribution in [0.5, 0.6) is 0 Å². The summed E-state index contributed by atoms with van der Waals surface area (Å²) in [6.07, 6.45) is 2.78. The van der Waals surface area contributed by atoms with Gasteiger partial charge in [-0.05, 0) is 12.1 Å². The van der Waals surface area contributed by atoms with E-state index in [4.69, 9.17) is 13.9 Å². The lowest BCUT2D eigenvalue weighted by Crippen LogP contribution is -2.36. The van der Waals surface area contributed by atoms with E-state index in [9.17, 15) is 5.11 Å². The van der Waals surface area contributed by atoms with Crippen molar-refractivity contribution in [1.82, 2.24) is 4.90 Å². The number of nitrogens with zero attached hydrogens (tertiary/aromatic N) is 1. The SMILES string of the molecule is C=CCOCC(O)CN(CCOC)Cc1ccco1. The maximum absolute atomic E-state index is 9.90. The summed E-state index contributed by atoms with van der Waals surface area (Å²) in [6.45, 7) is 6.82. The molecule has 0 bridgehead atoms. The first-order valence-corrected chi connectivity index (χ1v) is 6.36. The van der Waals surface area contributed by atoms with Crippen molar-refractivity contribution in [3.8, 4) is 0 Å². The number of aliphatic hydroxyl groups excluding tert-OH is 1. The first-order chi connectivity index (χ1) is 9.26. The summed E-state index contributed by atoms with van der Waals surface area (Å²) in [6, 6.07) is 3.77. The summed E-state index contributed by atoms with van der Waals surface area (Å²) in [7, 11) is 1.66. The highest BCUT2D eigenvalue weighted by Crippen LogP contribution is 2.06. The second-order valence-electron chi connectivity index (χ2n) is 4.29. The van der Waals surface area contributed by atoms with Crippen molar-refractivity contribution < 1.29 is 19.0 Å². The topological polar surface area (TPSA) is 55.1 Å². The van der Waals surface area contributed by atoms with Gasteiger partial charge in [0.25, 0.3) is 0 Å². The molecule has 5 heteroatoms. The standard InChI is InChI=1S/C14H23NO4/c1-3-7-18-12-13(16)10-15(6-9-17-2)11-14-5-4-8-19-14/h3-5,8,13,16H,1,6-7,9-12H2,2H3. The highest BCUT2D eigenvalue weighted by molar-refractivity contribution is 4.97. The fraction of sp³-hybridized carbons (Fsp3) is 0.571. The van der Waals surface area contributed by atoms with Gasteiger partial charge in [-0.25, -0.2) is 0 Å². The van der Waals surface area contributed by atoms with Crippen LogP contribution in [0.4, 0.5) is 0 Å². The van der Waals surface area contributed by atoms with Crippen molar-refractivity contribution in [2.75, 3.05) is 40.0 Å². The fourth-order valence-corrected chi connectivity index (χ4v) is 1.72. The highest BCUT2D eigenvalue weighted by atomic mass is 16.5. The van der Waals surface area contributed by atoms with Crippen molar-refractivity contribution in [3.05, 3.63) is 36.8 Å². The van der Waals surface area contributed by atoms with Gasteiger partial charge < -0.3 is 19.0 Å². The van der Waals surface area contributed by atoms with E-state index in [1.807, 2.05) is 12.1 Å². The minimum absolute atomic E-state index is 0.299. The van der Waals surface area contributed by atoms with Crippen LogP contribution in [0, 0.1) is 0 Å². The molecule has 0 spiro atoms. The average Bonchev–Trinajstić information content (AvgIpc) is 2.89. The molecule has 0 aliphatic heterocycles. The second kappa shape index (κ2) is 9.75. The Morgan fingerprint density at radius 3 is 3.05 bits per heavy atom. The molecule has 108 valence electrons. The third-order valence-electron chi connectivity index (χ3n) is 2.59. The minimum Gasteiger partial charge on any atom is -0.468 e. The van der Waals surface area contributed by atoms with Gasteiger partial charge in [0.1, 0.15) is 5.76 Å². The molecular weight excluding hydrogens is 246 g/mol. The Morgan fingerprint density at radius 1 is 1.58 bits per heavy atom. The molecule has 0 amide bonds. The smallest absolute Gasteiger partial charge is 0.117 e. The zero-order chi connectivity index (χ0) is 13.9. The molecule has 0 aliphatic rings. The Morgan fingerprint density at radius 2 is 2.42 bits per heavy atom. The molecule has 5 nitrogen and oxygen atoms in total. The number of methoxy groups -OCH3 is 1. The van der Waals surface area contributed by atoms with Gasteiger partial charge in [-0.2, -0.15) is 0 Å². The first kappa shape index (κ1) is 15.9. The summed E-state index contributed by atoms with van der Waals surface area (Å²) < 4.78 is 15.6. The number of aliphatic hydroxyl groups is 1. The lowest BCUT2D eigenvalue weighted by molar-refractivity contribution is 0.0180. The van der Waals surface area contributed by atoms with Crippen LogP contribution in [-0.2, 0) is 16.0 Å². The highest BCUT2D eigenvalue weighted by Gasteiger charge is 2.13. The van der Waals surface area contributed by atoms with Crippen molar-refractivity contribution >= 4 is 0 Å². The molecule has 1 unspecified atom stereocenters. The third kappa shape index (κ3) is 7.12. The van der Waals surface area contributed by atoms with Gasteiger partial charge in [-0.15, -0.1) is 6.58 Å². The Balaban J connectivity index is 2.37. The molecule has 1 rings (SSSR count). The maximum Gasteiger partial charge on any atom is 0.117 e. The van der Waals surface area contributed by atoms with Gasteiger partial charge in [0, 0.05) is 20.2 Å². The predicted octanol–water partition coefficient (Wildman–Crippen LogP) is 1.29. The van der Waals surface area contributed by atoms with Gasteiger partial charge in [-0.1, -0.05) is 6.08 Å². The van der Waals surface area contributed by atoms with Gasteiger partial charge in [0.2, 0.25) is 0 Å². The van der Waals surface area contributed by atoms with Crippen molar-refractivity contribution in [3.63, 3.8) is 0 Å². The zero-order valence-electron chi connectivity index (χ0n) is 11.5. The summed E-state index contributed by atoms with van der Waals surface area (Å²) in [4.78, 5) is 2.07. The normalized spacial score (nSPS) is 12.8. The van der Waals surface area contributed by atoms with Gasteiger partial charge >= 0.3 is 0 Å². The molecule has 0 aliphatic carbocycles. The summed E-state index contributed by atoms with van der Waals surface area (Å²) in [5.74, 6) is 0.871. The minimum atomic E-state index is -0.535. The van der Waals surface area contributed by atoms with E-state index in [0.29, 0.717) is 32.9 Å². The van der Waals surface area contributed by atoms with E-state index < -0.39 is 6.10 Å². The Kier molecular flexibility index (Phi) is 8.16. The molecule has 0 saturated heterocycles. The molecule has 0 radical (unpaired) electrons. The molecule has 1 N–H and O–H groups in total. The van der Waals surface area contributed by atoms with Crippen LogP contribution in [0.25, 0.3) is 0 Å². The molecule has 1 aromatic heterocycles. The van der Waals surface area contributed by atoms with E-state index >= 15 is 0 Å². The zero-order valence-corrected chi connectivity index (χ0v) is 11.5. The van der Waals surface area contributed by atoms with Crippen LogP contribution in [-0.4, -0.2) is 56.1 Å². The monoisotopic (exact) mass is 269 g/mol. The van der Waals surface area contributed by atoms with E-state index in [-0.39, 0.29) is 0 Å².